The number of hydrogen-bond acceptors (Lipinski definition) is 2. The molecule has 2 aromatic carbocycles. The number of carbonyl (C=O) groups is 1. The summed E-state index contributed by atoms with van der Waals surface area (Å²) < 4.78 is 0. The number of amides is 1. The van der Waals surface area contributed by atoms with E-state index in [0.717, 1.165) is 30.6 Å². The summed E-state index contributed by atoms with van der Waals surface area (Å²) in [5.74, 6) is 0.871. The lowest BCUT2D eigenvalue weighted by Crippen LogP contribution is -2.30. The van der Waals surface area contributed by atoms with Crippen LogP contribution in [0.3, 0.4) is 0 Å². The minimum atomic E-state index is 0.176. The molecule has 1 fully saturated rings. The molecular weight excluding hydrogens is 286 g/mol. The average molecular weight is 309 g/mol. The third kappa shape index (κ3) is 3.39. The number of aromatic hydroxyl groups is 1. The largest absolute Gasteiger partial charge is 0.508 e. The Kier molecular flexibility index (Phi) is 4.37. The summed E-state index contributed by atoms with van der Waals surface area (Å²) in [6.07, 6.45) is 1.44. The molecule has 3 nitrogen and oxygen atoms in total. The molecule has 3 heteroatoms. The van der Waals surface area contributed by atoms with E-state index >= 15 is 0 Å². The molecule has 3 rings (SSSR count). The second-order valence-electron chi connectivity index (χ2n) is 6.47. The van der Waals surface area contributed by atoms with Crippen molar-refractivity contribution in [2.24, 2.45) is 0 Å². The molecule has 1 heterocycles. The van der Waals surface area contributed by atoms with Gasteiger partial charge >= 0.3 is 0 Å². The van der Waals surface area contributed by atoms with Crippen LogP contribution in [-0.4, -0.2) is 29.0 Å². The van der Waals surface area contributed by atoms with Crippen LogP contribution in [-0.2, 0) is 11.2 Å². The molecule has 1 amide bonds. The molecule has 1 aliphatic heterocycles. The van der Waals surface area contributed by atoms with Gasteiger partial charge in [0.05, 0.1) is 6.42 Å². The van der Waals surface area contributed by atoms with E-state index in [0.29, 0.717) is 12.3 Å². The molecule has 0 saturated carbocycles. The second-order valence-corrected chi connectivity index (χ2v) is 6.47. The van der Waals surface area contributed by atoms with E-state index in [4.69, 9.17) is 0 Å². The van der Waals surface area contributed by atoms with Gasteiger partial charge in [-0.05, 0) is 54.7 Å². The van der Waals surface area contributed by atoms with Crippen molar-refractivity contribution in [3.63, 3.8) is 0 Å². The zero-order chi connectivity index (χ0) is 16.4. The summed E-state index contributed by atoms with van der Waals surface area (Å²) in [4.78, 5) is 14.6. The fourth-order valence-electron chi connectivity index (χ4n) is 3.44. The monoisotopic (exact) mass is 309 g/mol. The summed E-state index contributed by atoms with van der Waals surface area (Å²) in [6, 6.07) is 13.7. The van der Waals surface area contributed by atoms with E-state index < -0.39 is 0 Å². The summed E-state index contributed by atoms with van der Waals surface area (Å²) in [5.41, 5.74) is 4.63. The molecule has 120 valence electrons. The second kappa shape index (κ2) is 6.45. The number of nitrogens with zero attached hydrogens (tertiary/aromatic N) is 1. The van der Waals surface area contributed by atoms with Gasteiger partial charge < -0.3 is 10.0 Å². The molecule has 1 unspecified atom stereocenters. The number of phenols is 1. The molecule has 0 aliphatic carbocycles. The van der Waals surface area contributed by atoms with Crippen molar-refractivity contribution in [1.29, 1.82) is 0 Å². The molecule has 1 atom stereocenters. The number of rotatable bonds is 3. The summed E-state index contributed by atoms with van der Waals surface area (Å²) in [6.45, 7) is 5.71. The standard InChI is InChI=1S/C20H23NO2/c1-14-5-3-4-6-19(14)17-9-10-21(13-17)20(23)12-16-7-8-18(22)11-15(16)2/h3-8,11,17,22H,9-10,12-13H2,1-2H3. The number of carbonyl (C=O) groups excluding carboxylic acids is 1. The van der Waals surface area contributed by atoms with E-state index in [9.17, 15) is 9.90 Å². The number of aryl methyl sites for hydroxylation is 2. The average Bonchev–Trinajstić information content (AvgIpc) is 3.00. The Morgan fingerprint density at radius 1 is 1.17 bits per heavy atom. The van der Waals surface area contributed by atoms with Crippen LogP contribution in [0.5, 0.6) is 5.75 Å². The zero-order valence-electron chi connectivity index (χ0n) is 13.7. The van der Waals surface area contributed by atoms with Crippen molar-refractivity contribution in [2.75, 3.05) is 13.1 Å². The Morgan fingerprint density at radius 3 is 2.70 bits per heavy atom. The predicted molar refractivity (Wildman–Crippen MR) is 91.7 cm³/mol. The van der Waals surface area contributed by atoms with Crippen molar-refractivity contribution in [3.05, 3.63) is 64.7 Å². The SMILES string of the molecule is Cc1cc(O)ccc1CC(=O)N1CCC(c2ccccc2C)C1. The van der Waals surface area contributed by atoms with Crippen molar-refractivity contribution < 1.29 is 9.90 Å². The van der Waals surface area contributed by atoms with Crippen LogP contribution in [0.15, 0.2) is 42.5 Å². The van der Waals surface area contributed by atoms with Crippen molar-refractivity contribution >= 4 is 5.91 Å². The maximum Gasteiger partial charge on any atom is 0.227 e. The van der Waals surface area contributed by atoms with Gasteiger partial charge in [-0.1, -0.05) is 30.3 Å². The van der Waals surface area contributed by atoms with Gasteiger partial charge in [0.1, 0.15) is 5.75 Å². The Labute approximate surface area is 137 Å². The smallest absolute Gasteiger partial charge is 0.227 e. The summed E-state index contributed by atoms with van der Waals surface area (Å²) in [7, 11) is 0. The van der Waals surface area contributed by atoms with Crippen molar-refractivity contribution in [2.45, 2.75) is 32.6 Å². The fourth-order valence-corrected chi connectivity index (χ4v) is 3.44. The lowest BCUT2D eigenvalue weighted by molar-refractivity contribution is -0.129. The van der Waals surface area contributed by atoms with Gasteiger partial charge in [-0.2, -0.15) is 0 Å². The molecule has 1 saturated heterocycles. The van der Waals surface area contributed by atoms with Crippen LogP contribution in [0, 0.1) is 13.8 Å². The minimum Gasteiger partial charge on any atom is -0.508 e. The number of likely N-dealkylation sites (tertiary alicyclic amines) is 1. The maximum absolute atomic E-state index is 12.6. The van der Waals surface area contributed by atoms with Crippen LogP contribution >= 0.6 is 0 Å². The summed E-state index contributed by atoms with van der Waals surface area (Å²) in [5, 5.41) is 9.47. The van der Waals surface area contributed by atoms with E-state index in [1.165, 1.54) is 11.1 Å². The molecule has 0 radical (unpaired) electrons. The number of benzene rings is 2. The first-order valence-electron chi connectivity index (χ1n) is 8.16. The van der Waals surface area contributed by atoms with E-state index in [1.807, 2.05) is 17.9 Å². The quantitative estimate of drug-likeness (QED) is 0.941. The first kappa shape index (κ1) is 15.6. The molecule has 23 heavy (non-hydrogen) atoms. The van der Waals surface area contributed by atoms with E-state index in [-0.39, 0.29) is 11.7 Å². The molecule has 0 aromatic heterocycles. The van der Waals surface area contributed by atoms with Gasteiger partial charge in [0.2, 0.25) is 5.91 Å². The normalized spacial score (nSPS) is 17.5. The summed E-state index contributed by atoms with van der Waals surface area (Å²) >= 11 is 0. The van der Waals surface area contributed by atoms with Gasteiger partial charge in [0.15, 0.2) is 0 Å². The molecule has 1 aliphatic rings. The van der Waals surface area contributed by atoms with Gasteiger partial charge in [-0.15, -0.1) is 0 Å². The minimum absolute atomic E-state index is 0.176. The van der Waals surface area contributed by atoms with E-state index in [2.05, 4.69) is 31.2 Å². The third-order valence-electron chi connectivity index (χ3n) is 4.84. The van der Waals surface area contributed by atoms with Crippen LogP contribution < -0.4 is 0 Å². The van der Waals surface area contributed by atoms with Gasteiger partial charge in [-0.25, -0.2) is 0 Å². The lowest BCUT2D eigenvalue weighted by atomic mass is 9.94. The Bertz CT molecular complexity index is 723. The fraction of sp³-hybridized carbons (Fsp3) is 0.350. The molecular formula is C20H23NO2. The number of hydrogen-bond donors (Lipinski definition) is 1. The van der Waals surface area contributed by atoms with Gasteiger partial charge in [0, 0.05) is 19.0 Å². The predicted octanol–water partition coefficient (Wildman–Crippen LogP) is 3.57. The maximum atomic E-state index is 12.6. The van der Waals surface area contributed by atoms with Crippen LogP contribution in [0.25, 0.3) is 0 Å². The first-order valence-corrected chi connectivity index (χ1v) is 8.16. The lowest BCUT2D eigenvalue weighted by Gasteiger charge is -2.18. The van der Waals surface area contributed by atoms with Crippen LogP contribution in [0.1, 0.15) is 34.6 Å². The third-order valence-corrected chi connectivity index (χ3v) is 4.84. The molecule has 0 bridgehead atoms. The molecule has 0 spiro atoms. The van der Waals surface area contributed by atoms with Crippen LogP contribution in [0.2, 0.25) is 0 Å². The van der Waals surface area contributed by atoms with Crippen molar-refractivity contribution in [1.82, 2.24) is 4.90 Å². The zero-order valence-corrected chi connectivity index (χ0v) is 13.7. The molecule has 2 aromatic rings. The first-order chi connectivity index (χ1) is 11.0. The number of phenolic OH excluding ortho intramolecular Hbond substituents is 1. The topological polar surface area (TPSA) is 40.5 Å². The highest BCUT2D eigenvalue weighted by Crippen LogP contribution is 2.29. The van der Waals surface area contributed by atoms with Gasteiger partial charge in [-0.3, -0.25) is 4.79 Å². The Balaban J connectivity index is 1.67. The van der Waals surface area contributed by atoms with E-state index in [1.54, 1.807) is 12.1 Å². The Hall–Kier alpha value is -2.29. The van der Waals surface area contributed by atoms with Crippen LogP contribution in [0.4, 0.5) is 0 Å². The molecule has 1 N–H and O–H groups in total. The highest BCUT2D eigenvalue weighted by atomic mass is 16.3. The highest BCUT2D eigenvalue weighted by Gasteiger charge is 2.28. The Morgan fingerprint density at radius 2 is 1.96 bits per heavy atom. The van der Waals surface area contributed by atoms with Gasteiger partial charge in [0.25, 0.3) is 0 Å². The van der Waals surface area contributed by atoms with Crippen molar-refractivity contribution in [3.8, 4) is 5.75 Å². The highest BCUT2D eigenvalue weighted by molar-refractivity contribution is 5.79.